The van der Waals surface area contributed by atoms with E-state index >= 15 is 0 Å². The second kappa shape index (κ2) is 6.12. The van der Waals surface area contributed by atoms with E-state index in [1.807, 2.05) is 13.0 Å². The first-order chi connectivity index (χ1) is 9.56. The van der Waals surface area contributed by atoms with Crippen molar-refractivity contribution < 1.29 is 9.52 Å². The maximum atomic E-state index is 12.2. The fraction of sp³-hybridized carbons (Fsp3) is 0.333. The summed E-state index contributed by atoms with van der Waals surface area (Å²) < 4.78 is 5.73. The predicted molar refractivity (Wildman–Crippen MR) is 78.8 cm³/mol. The Morgan fingerprint density at radius 3 is 2.80 bits per heavy atom. The van der Waals surface area contributed by atoms with Crippen molar-refractivity contribution in [3.63, 3.8) is 0 Å². The van der Waals surface area contributed by atoms with E-state index in [4.69, 9.17) is 9.68 Å². The fourth-order valence-corrected chi connectivity index (χ4v) is 2.66. The molecule has 0 radical (unpaired) electrons. The van der Waals surface area contributed by atoms with E-state index in [1.165, 1.54) is 17.8 Å². The lowest BCUT2D eigenvalue weighted by Gasteiger charge is -2.11. The third-order valence-electron chi connectivity index (χ3n) is 2.91. The van der Waals surface area contributed by atoms with Crippen molar-refractivity contribution in [3.05, 3.63) is 39.5 Å². The molecule has 2 aromatic rings. The largest absolute Gasteiger partial charge is 0.449 e. The maximum absolute atomic E-state index is 12.2. The van der Waals surface area contributed by atoms with E-state index in [9.17, 15) is 9.90 Å². The monoisotopic (exact) mass is 289 g/mol. The molecule has 1 atom stereocenters. The van der Waals surface area contributed by atoms with Crippen LogP contribution in [0.3, 0.4) is 0 Å². The molecule has 0 spiro atoms. The zero-order valence-electron chi connectivity index (χ0n) is 11.3. The summed E-state index contributed by atoms with van der Waals surface area (Å²) in [5.41, 5.74) is 1.51. The summed E-state index contributed by atoms with van der Waals surface area (Å²) >= 11 is 1.44. The van der Waals surface area contributed by atoms with Gasteiger partial charge >= 0.3 is 0 Å². The Bertz CT molecular complexity index is 728. The lowest BCUT2D eigenvalue weighted by molar-refractivity contribution is 0.199. The normalized spacial score (nSPS) is 12.3. The highest BCUT2D eigenvalue weighted by molar-refractivity contribution is 7.99. The second-order valence-electron chi connectivity index (χ2n) is 4.44. The molecule has 0 saturated heterocycles. The summed E-state index contributed by atoms with van der Waals surface area (Å²) in [4.78, 5) is 12.2. The number of aliphatic hydroxyl groups excluding tert-OH is 1. The third-order valence-corrected chi connectivity index (χ3v) is 3.69. The summed E-state index contributed by atoms with van der Waals surface area (Å²) in [6.07, 6.45) is -0.568. The molecule has 104 valence electrons. The first-order valence-corrected chi connectivity index (χ1v) is 7.33. The standard InChI is InChI=1S/C15H15NO3S/c1-3-20-14-8-13(18)12-7-10(4-5-16)6-11(9(2)17)15(12)19-14/h6-9,17H,3-4H2,1-2H3. The van der Waals surface area contributed by atoms with Crippen LogP contribution in [0.15, 0.2) is 32.5 Å². The average Bonchev–Trinajstić information content (AvgIpc) is 2.39. The van der Waals surface area contributed by atoms with Crippen molar-refractivity contribution in [1.82, 2.24) is 0 Å². The van der Waals surface area contributed by atoms with Gasteiger partial charge in [0.05, 0.1) is 24.0 Å². The first-order valence-electron chi connectivity index (χ1n) is 6.35. The quantitative estimate of drug-likeness (QED) is 0.876. The minimum atomic E-state index is -0.763. The van der Waals surface area contributed by atoms with Crippen LogP contribution in [0.2, 0.25) is 0 Å². The van der Waals surface area contributed by atoms with E-state index in [1.54, 1.807) is 19.1 Å². The van der Waals surface area contributed by atoms with E-state index in [0.29, 0.717) is 27.2 Å². The maximum Gasteiger partial charge on any atom is 0.193 e. The van der Waals surface area contributed by atoms with E-state index in [2.05, 4.69) is 0 Å². The number of benzene rings is 1. The molecule has 0 saturated carbocycles. The number of hydrogen-bond acceptors (Lipinski definition) is 5. The zero-order valence-corrected chi connectivity index (χ0v) is 12.2. The Labute approximate surface area is 121 Å². The van der Waals surface area contributed by atoms with Gasteiger partial charge in [-0.05, 0) is 30.4 Å². The van der Waals surface area contributed by atoms with Gasteiger partial charge in [0.2, 0.25) is 0 Å². The molecule has 0 aliphatic heterocycles. The Balaban J connectivity index is 2.76. The molecule has 5 heteroatoms. The summed E-state index contributed by atoms with van der Waals surface area (Å²) in [5.74, 6) is 0.797. The van der Waals surface area contributed by atoms with Crippen LogP contribution in [0.1, 0.15) is 31.1 Å². The minimum absolute atomic E-state index is 0.149. The molecule has 20 heavy (non-hydrogen) atoms. The average molecular weight is 289 g/mol. The number of nitrogens with zero attached hydrogens (tertiary/aromatic N) is 1. The van der Waals surface area contributed by atoms with Crippen LogP contribution in [0, 0.1) is 11.3 Å². The SMILES string of the molecule is CCSc1cc(=O)c2cc(CC#N)cc(C(C)O)c2o1. The topological polar surface area (TPSA) is 74.2 Å². The van der Waals surface area contributed by atoms with Gasteiger partial charge in [0.1, 0.15) is 5.58 Å². The van der Waals surface area contributed by atoms with Crippen LogP contribution < -0.4 is 5.43 Å². The van der Waals surface area contributed by atoms with Crippen LogP contribution in [-0.4, -0.2) is 10.9 Å². The summed E-state index contributed by atoms with van der Waals surface area (Å²) in [6.45, 7) is 3.59. The molecule has 1 aromatic carbocycles. The van der Waals surface area contributed by atoms with Gasteiger partial charge < -0.3 is 9.52 Å². The first kappa shape index (κ1) is 14.6. The molecule has 2 rings (SSSR count). The Morgan fingerprint density at radius 1 is 1.45 bits per heavy atom. The molecule has 4 nitrogen and oxygen atoms in total. The smallest absolute Gasteiger partial charge is 0.193 e. The van der Waals surface area contributed by atoms with Crippen molar-refractivity contribution in [1.29, 1.82) is 5.26 Å². The Kier molecular flexibility index (Phi) is 4.48. The summed E-state index contributed by atoms with van der Waals surface area (Å²) in [6, 6.07) is 6.89. The minimum Gasteiger partial charge on any atom is -0.449 e. The van der Waals surface area contributed by atoms with Crippen molar-refractivity contribution in [2.24, 2.45) is 0 Å². The third kappa shape index (κ3) is 2.87. The zero-order chi connectivity index (χ0) is 14.7. The molecule has 0 bridgehead atoms. The number of thioether (sulfide) groups is 1. The molecule has 0 aliphatic rings. The Hall–Kier alpha value is -1.77. The molecule has 0 aliphatic carbocycles. The van der Waals surface area contributed by atoms with Crippen molar-refractivity contribution in [2.45, 2.75) is 31.5 Å². The predicted octanol–water partition coefficient (Wildman–Crippen LogP) is 3.02. The molecule has 0 fully saturated rings. The number of hydrogen-bond donors (Lipinski definition) is 1. The highest BCUT2D eigenvalue weighted by Crippen LogP contribution is 2.28. The van der Waals surface area contributed by atoms with Crippen LogP contribution >= 0.6 is 11.8 Å². The van der Waals surface area contributed by atoms with Crippen molar-refractivity contribution in [3.8, 4) is 6.07 Å². The van der Waals surface area contributed by atoms with E-state index in [-0.39, 0.29) is 11.8 Å². The lowest BCUT2D eigenvalue weighted by atomic mass is 10.0. The van der Waals surface area contributed by atoms with Crippen LogP contribution in [-0.2, 0) is 6.42 Å². The van der Waals surface area contributed by atoms with Crippen molar-refractivity contribution in [2.75, 3.05) is 5.75 Å². The van der Waals surface area contributed by atoms with Gasteiger partial charge in [-0.2, -0.15) is 5.26 Å². The van der Waals surface area contributed by atoms with E-state index < -0.39 is 6.10 Å². The van der Waals surface area contributed by atoms with Gasteiger partial charge in [-0.25, -0.2) is 0 Å². The van der Waals surface area contributed by atoms with Crippen LogP contribution in [0.5, 0.6) is 0 Å². The molecular weight excluding hydrogens is 274 g/mol. The lowest BCUT2D eigenvalue weighted by Crippen LogP contribution is -2.05. The molecule has 1 heterocycles. The van der Waals surface area contributed by atoms with Gasteiger partial charge in [-0.3, -0.25) is 4.79 Å². The van der Waals surface area contributed by atoms with Gasteiger partial charge in [-0.1, -0.05) is 18.7 Å². The van der Waals surface area contributed by atoms with Gasteiger partial charge in [0.15, 0.2) is 10.5 Å². The summed E-state index contributed by atoms with van der Waals surface area (Å²) in [7, 11) is 0. The molecule has 1 aromatic heterocycles. The van der Waals surface area contributed by atoms with Gasteiger partial charge in [0, 0.05) is 11.6 Å². The van der Waals surface area contributed by atoms with Crippen molar-refractivity contribution >= 4 is 22.7 Å². The second-order valence-corrected chi connectivity index (χ2v) is 5.70. The number of fused-ring (bicyclic) bond motifs is 1. The number of rotatable bonds is 4. The van der Waals surface area contributed by atoms with Gasteiger partial charge in [-0.15, -0.1) is 0 Å². The highest BCUT2D eigenvalue weighted by Gasteiger charge is 2.14. The number of nitriles is 1. The van der Waals surface area contributed by atoms with Gasteiger partial charge in [0.25, 0.3) is 0 Å². The molecule has 1 unspecified atom stereocenters. The molecule has 1 N–H and O–H groups in total. The number of aliphatic hydroxyl groups is 1. The molecular formula is C15H15NO3S. The van der Waals surface area contributed by atoms with Crippen LogP contribution in [0.25, 0.3) is 11.0 Å². The highest BCUT2D eigenvalue weighted by atomic mass is 32.2. The molecule has 0 amide bonds. The van der Waals surface area contributed by atoms with Crippen LogP contribution in [0.4, 0.5) is 0 Å². The fourth-order valence-electron chi connectivity index (χ4n) is 2.04. The van der Waals surface area contributed by atoms with E-state index in [0.717, 1.165) is 5.75 Å². The Morgan fingerprint density at radius 2 is 2.20 bits per heavy atom. The summed E-state index contributed by atoms with van der Waals surface area (Å²) in [5, 5.41) is 19.6.